The number of aliphatic hydroxyl groups is 2. The van der Waals surface area contributed by atoms with Gasteiger partial charge in [-0.3, -0.25) is 14.9 Å². The first kappa shape index (κ1) is 14.0. The van der Waals surface area contributed by atoms with Gasteiger partial charge in [0.1, 0.15) is 6.10 Å². The van der Waals surface area contributed by atoms with Crippen molar-refractivity contribution in [1.29, 1.82) is 0 Å². The van der Waals surface area contributed by atoms with E-state index in [-0.39, 0.29) is 5.56 Å². The van der Waals surface area contributed by atoms with E-state index in [1.54, 1.807) is 0 Å². The van der Waals surface area contributed by atoms with Crippen molar-refractivity contribution in [2.75, 3.05) is 0 Å². The molecular weight excluding hydrogens is 249 g/mol. The van der Waals surface area contributed by atoms with Gasteiger partial charge in [0.15, 0.2) is 0 Å². The van der Waals surface area contributed by atoms with Crippen LogP contribution in [0.1, 0.15) is 18.1 Å². The van der Waals surface area contributed by atoms with Gasteiger partial charge in [0, 0.05) is 6.07 Å². The van der Waals surface area contributed by atoms with E-state index < -0.39 is 41.0 Å². The molecule has 0 aliphatic rings. The van der Waals surface area contributed by atoms with Crippen LogP contribution in [0.15, 0.2) is 18.2 Å². The Bertz CT molecular complexity index is 477. The molecule has 3 N–H and O–H groups in total. The van der Waals surface area contributed by atoms with Crippen LogP contribution in [0.5, 0.6) is 0 Å². The number of nitrogens with zero attached hydrogens (tertiary/aromatic N) is 1. The summed E-state index contributed by atoms with van der Waals surface area (Å²) < 4.78 is 13.2. The number of aliphatic carboxylic acids is 1. The number of nitro groups is 1. The SMILES string of the molecule is O=C(O)CC(O)C(O)c1ccc([N+](=O)[O-])c(F)c1. The molecule has 7 nitrogen and oxygen atoms in total. The van der Waals surface area contributed by atoms with Gasteiger partial charge in [0.05, 0.1) is 17.4 Å². The minimum atomic E-state index is -1.63. The Morgan fingerprint density at radius 1 is 1.44 bits per heavy atom. The van der Waals surface area contributed by atoms with Crippen molar-refractivity contribution in [2.45, 2.75) is 18.6 Å². The van der Waals surface area contributed by atoms with Gasteiger partial charge in [-0.25, -0.2) is 0 Å². The molecule has 0 saturated heterocycles. The van der Waals surface area contributed by atoms with Crippen molar-refractivity contribution in [2.24, 2.45) is 0 Å². The van der Waals surface area contributed by atoms with E-state index in [1.807, 2.05) is 0 Å². The van der Waals surface area contributed by atoms with E-state index in [9.17, 15) is 29.5 Å². The van der Waals surface area contributed by atoms with E-state index in [1.165, 1.54) is 0 Å². The summed E-state index contributed by atoms with van der Waals surface area (Å²) in [6.45, 7) is 0. The molecule has 0 fully saturated rings. The lowest BCUT2D eigenvalue weighted by molar-refractivity contribution is -0.387. The molecule has 18 heavy (non-hydrogen) atoms. The Hall–Kier alpha value is -2.06. The van der Waals surface area contributed by atoms with Crippen molar-refractivity contribution >= 4 is 11.7 Å². The molecular formula is C10H10FNO6. The molecule has 98 valence electrons. The Kier molecular flexibility index (Phi) is 4.29. The van der Waals surface area contributed by atoms with E-state index >= 15 is 0 Å². The number of nitro benzene ring substituents is 1. The molecule has 8 heteroatoms. The van der Waals surface area contributed by atoms with Gasteiger partial charge in [0.25, 0.3) is 0 Å². The third kappa shape index (κ3) is 3.22. The Morgan fingerprint density at radius 2 is 2.06 bits per heavy atom. The van der Waals surface area contributed by atoms with Crippen LogP contribution in [-0.4, -0.2) is 32.3 Å². The van der Waals surface area contributed by atoms with Crippen LogP contribution in [0.2, 0.25) is 0 Å². The Balaban J connectivity index is 2.93. The molecule has 1 aromatic rings. The highest BCUT2D eigenvalue weighted by Crippen LogP contribution is 2.24. The highest BCUT2D eigenvalue weighted by molar-refractivity contribution is 5.67. The summed E-state index contributed by atoms with van der Waals surface area (Å²) in [6, 6.07) is 2.58. The van der Waals surface area contributed by atoms with Gasteiger partial charge in [0.2, 0.25) is 5.82 Å². The van der Waals surface area contributed by atoms with Gasteiger partial charge >= 0.3 is 11.7 Å². The van der Waals surface area contributed by atoms with Crippen LogP contribution in [0.4, 0.5) is 10.1 Å². The molecule has 2 unspecified atom stereocenters. The summed E-state index contributed by atoms with van der Waals surface area (Å²) in [5, 5.41) is 37.6. The monoisotopic (exact) mass is 259 g/mol. The van der Waals surface area contributed by atoms with Gasteiger partial charge in [-0.1, -0.05) is 0 Å². The number of rotatable bonds is 5. The minimum Gasteiger partial charge on any atom is -0.481 e. The molecule has 0 aromatic heterocycles. The van der Waals surface area contributed by atoms with Crippen molar-refractivity contribution in [3.05, 3.63) is 39.7 Å². The lowest BCUT2D eigenvalue weighted by Gasteiger charge is -2.16. The highest BCUT2D eigenvalue weighted by atomic mass is 19.1. The van der Waals surface area contributed by atoms with E-state index in [4.69, 9.17) is 5.11 Å². The minimum absolute atomic E-state index is 0.133. The number of benzene rings is 1. The molecule has 0 amide bonds. The van der Waals surface area contributed by atoms with Crippen LogP contribution in [0, 0.1) is 15.9 Å². The van der Waals surface area contributed by atoms with Gasteiger partial charge < -0.3 is 15.3 Å². The van der Waals surface area contributed by atoms with Gasteiger partial charge in [-0.15, -0.1) is 0 Å². The molecule has 1 aromatic carbocycles. The van der Waals surface area contributed by atoms with Crippen LogP contribution < -0.4 is 0 Å². The van der Waals surface area contributed by atoms with Crippen molar-refractivity contribution in [1.82, 2.24) is 0 Å². The van der Waals surface area contributed by atoms with Crippen LogP contribution in [0.3, 0.4) is 0 Å². The summed E-state index contributed by atoms with van der Waals surface area (Å²) >= 11 is 0. The first-order valence-electron chi connectivity index (χ1n) is 4.84. The maximum atomic E-state index is 13.2. The fourth-order valence-electron chi connectivity index (χ4n) is 1.37. The maximum absolute atomic E-state index is 13.2. The third-order valence-corrected chi connectivity index (χ3v) is 2.26. The maximum Gasteiger partial charge on any atom is 0.306 e. The number of carboxylic acids is 1. The number of aliphatic hydroxyl groups excluding tert-OH is 2. The molecule has 2 atom stereocenters. The average molecular weight is 259 g/mol. The zero-order valence-corrected chi connectivity index (χ0v) is 8.99. The zero-order valence-electron chi connectivity index (χ0n) is 8.99. The molecule has 0 heterocycles. The first-order chi connectivity index (χ1) is 8.32. The second kappa shape index (κ2) is 5.52. The van der Waals surface area contributed by atoms with Gasteiger partial charge in [-0.05, 0) is 17.7 Å². The van der Waals surface area contributed by atoms with Crippen molar-refractivity contribution in [3.63, 3.8) is 0 Å². The quantitative estimate of drug-likeness (QED) is 0.526. The predicted molar refractivity (Wildman–Crippen MR) is 56.3 cm³/mol. The fraction of sp³-hybridized carbons (Fsp3) is 0.300. The second-order valence-electron chi connectivity index (χ2n) is 3.58. The summed E-state index contributed by atoms with van der Waals surface area (Å²) in [5.41, 5.74) is -0.898. The van der Waals surface area contributed by atoms with E-state index in [0.29, 0.717) is 6.07 Å². The number of carboxylic acid groups (broad SMARTS) is 1. The standard InChI is InChI=1S/C10H10FNO6/c11-6-3-5(1-2-7(6)12(17)18)10(16)8(13)4-9(14)15/h1-3,8,10,13,16H,4H2,(H,14,15). The van der Waals surface area contributed by atoms with Crippen LogP contribution in [-0.2, 0) is 4.79 Å². The topological polar surface area (TPSA) is 121 Å². The number of hydrogen-bond donors (Lipinski definition) is 3. The number of halogens is 1. The summed E-state index contributed by atoms with van der Waals surface area (Å²) in [6.07, 6.45) is -3.97. The summed E-state index contributed by atoms with van der Waals surface area (Å²) in [5.74, 6) is -2.50. The Labute approximate surface area is 100 Å². The van der Waals surface area contributed by atoms with Crippen LogP contribution in [0.25, 0.3) is 0 Å². The van der Waals surface area contributed by atoms with E-state index in [0.717, 1.165) is 12.1 Å². The largest absolute Gasteiger partial charge is 0.481 e. The normalized spacial score (nSPS) is 13.9. The molecule has 0 spiro atoms. The first-order valence-corrected chi connectivity index (χ1v) is 4.84. The Morgan fingerprint density at radius 3 is 2.50 bits per heavy atom. The molecule has 0 aliphatic heterocycles. The second-order valence-corrected chi connectivity index (χ2v) is 3.58. The van der Waals surface area contributed by atoms with E-state index in [2.05, 4.69) is 0 Å². The fourth-order valence-corrected chi connectivity index (χ4v) is 1.37. The number of hydrogen-bond acceptors (Lipinski definition) is 5. The molecule has 0 saturated carbocycles. The lowest BCUT2D eigenvalue weighted by Crippen LogP contribution is -2.21. The highest BCUT2D eigenvalue weighted by Gasteiger charge is 2.23. The number of carbonyl (C=O) groups is 1. The van der Waals surface area contributed by atoms with Gasteiger partial charge in [-0.2, -0.15) is 4.39 Å². The van der Waals surface area contributed by atoms with Crippen LogP contribution >= 0.6 is 0 Å². The summed E-state index contributed by atoms with van der Waals surface area (Å²) in [7, 11) is 0. The smallest absolute Gasteiger partial charge is 0.306 e. The predicted octanol–water partition coefficient (Wildman–Crippen LogP) is 0.603. The lowest BCUT2D eigenvalue weighted by atomic mass is 10.0. The molecule has 0 radical (unpaired) electrons. The summed E-state index contributed by atoms with van der Waals surface area (Å²) in [4.78, 5) is 19.7. The molecule has 0 aliphatic carbocycles. The molecule has 1 rings (SSSR count). The zero-order chi connectivity index (χ0) is 13.9. The third-order valence-electron chi connectivity index (χ3n) is 2.26. The van der Waals surface area contributed by atoms with Crippen molar-refractivity contribution in [3.8, 4) is 0 Å². The average Bonchev–Trinajstić information content (AvgIpc) is 2.26. The van der Waals surface area contributed by atoms with Crippen molar-refractivity contribution < 1.29 is 29.4 Å². The molecule has 0 bridgehead atoms.